The molecule has 0 saturated heterocycles. The Morgan fingerprint density at radius 2 is 1.55 bits per heavy atom. The quantitative estimate of drug-likeness (QED) is 0.330. The first kappa shape index (κ1) is 29.8. The molecule has 3 rings (SSSR count). The van der Waals surface area contributed by atoms with Crippen molar-refractivity contribution in [3.63, 3.8) is 0 Å². The first-order valence-electron chi connectivity index (χ1n) is 11.8. The van der Waals surface area contributed by atoms with Crippen molar-refractivity contribution in [2.45, 2.75) is 25.9 Å². The van der Waals surface area contributed by atoms with E-state index < -0.39 is 28.5 Å². The van der Waals surface area contributed by atoms with E-state index in [1.54, 1.807) is 43.3 Å². The zero-order valence-electron chi connectivity index (χ0n) is 20.9. The minimum Gasteiger partial charge on any atom is -0.355 e. The van der Waals surface area contributed by atoms with E-state index in [9.17, 15) is 18.0 Å². The normalized spacial score (nSPS) is 12.0. The van der Waals surface area contributed by atoms with Gasteiger partial charge in [-0.25, -0.2) is 8.42 Å². The summed E-state index contributed by atoms with van der Waals surface area (Å²) in [4.78, 5) is 28.6. The number of carbonyl (C=O) groups excluding carboxylic acids is 2. The van der Waals surface area contributed by atoms with Crippen LogP contribution in [-0.2, 0) is 32.6 Å². The lowest BCUT2D eigenvalue weighted by Gasteiger charge is -2.33. The highest BCUT2D eigenvalue weighted by Gasteiger charge is 2.33. The van der Waals surface area contributed by atoms with Crippen LogP contribution in [0.2, 0.25) is 15.1 Å². The largest absolute Gasteiger partial charge is 0.355 e. The third-order valence-corrected chi connectivity index (χ3v) is 7.87. The van der Waals surface area contributed by atoms with Crippen LogP contribution in [0.3, 0.4) is 0 Å². The maximum absolute atomic E-state index is 13.9. The third kappa shape index (κ3) is 7.86. The summed E-state index contributed by atoms with van der Waals surface area (Å²) in [5.74, 6) is -1.000. The van der Waals surface area contributed by atoms with E-state index in [0.29, 0.717) is 27.2 Å². The van der Waals surface area contributed by atoms with Gasteiger partial charge in [0.15, 0.2) is 0 Å². The van der Waals surface area contributed by atoms with Crippen LogP contribution in [0, 0.1) is 0 Å². The summed E-state index contributed by atoms with van der Waals surface area (Å²) in [6.07, 6.45) is 1.19. The van der Waals surface area contributed by atoms with Gasteiger partial charge in [-0.15, -0.1) is 0 Å². The Morgan fingerprint density at radius 3 is 2.13 bits per heavy atom. The van der Waals surface area contributed by atoms with Crippen molar-refractivity contribution in [2.75, 3.05) is 23.7 Å². The fourth-order valence-corrected chi connectivity index (χ4v) is 5.49. The molecule has 3 aromatic rings. The first-order valence-corrected chi connectivity index (χ1v) is 14.8. The van der Waals surface area contributed by atoms with Gasteiger partial charge < -0.3 is 10.2 Å². The molecule has 0 bridgehead atoms. The van der Waals surface area contributed by atoms with E-state index in [0.717, 1.165) is 16.1 Å². The first-order chi connectivity index (χ1) is 18.0. The zero-order chi connectivity index (χ0) is 27.9. The third-order valence-electron chi connectivity index (χ3n) is 5.79. The van der Waals surface area contributed by atoms with E-state index in [1.165, 1.54) is 11.0 Å². The van der Waals surface area contributed by atoms with Crippen molar-refractivity contribution in [1.82, 2.24) is 10.2 Å². The molecular weight excluding hydrogens is 569 g/mol. The maximum atomic E-state index is 13.9. The molecule has 0 heterocycles. The standard InChI is InChI=1S/C27H28Cl3N3O4S/c1-3-31-27(35)25(15-19-9-5-4-6-10-19)32(17-22-23(29)13-8-14-24(22)30)26(34)18-33(38(2,36)37)21-12-7-11-20(28)16-21/h4-14,16,25H,3,15,17-18H2,1-2H3,(H,31,35)/t25-/m0/s1. The minimum absolute atomic E-state index is 0.112. The van der Waals surface area contributed by atoms with Crippen LogP contribution < -0.4 is 9.62 Å². The number of rotatable bonds is 11. The second-order valence-corrected chi connectivity index (χ2v) is 11.7. The molecule has 0 radical (unpaired) electrons. The predicted octanol–water partition coefficient (Wildman–Crippen LogP) is 5.19. The average Bonchev–Trinajstić information content (AvgIpc) is 2.86. The molecule has 0 aromatic heterocycles. The van der Waals surface area contributed by atoms with Crippen molar-refractivity contribution < 1.29 is 18.0 Å². The number of nitrogens with zero attached hydrogens (tertiary/aromatic N) is 2. The highest BCUT2D eigenvalue weighted by molar-refractivity contribution is 7.92. The molecule has 202 valence electrons. The van der Waals surface area contributed by atoms with E-state index in [-0.39, 0.29) is 24.6 Å². The number of amides is 2. The Morgan fingerprint density at radius 1 is 0.921 bits per heavy atom. The van der Waals surface area contributed by atoms with Gasteiger partial charge in [0.05, 0.1) is 11.9 Å². The van der Waals surface area contributed by atoms with Gasteiger partial charge in [-0.3, -0.25) is 13.9 Å². The van der Waals surface area contributed by atoms with Crippen LogP contribution >= 0.6 is 34.8 Å². The SMILES string of the molecule is CCNC(=O)[C@H](Cc1ccccc1)N(Cc1c(Cl)cccc1Cl)C(=O)CN(c1cccc(Cl)c1)S(C)(=O)=O. The molecule has 0 fully saturated rings. The Kier molecular flexibility index (Phi) is 10.4. The molecule has 0 spiro atoms. The summed E-state index contributed by atoms with van der Waals surface area (Å²) in [7, 11) is -3.89. The summed E-state index contributed by atoms with van der Waals surface area (Å²) in [6.45, 7) is 1.45. The number of anilines is 1. The number of sulfonamides is 1. The molecular formula is C27H28Cl3N3O4S. The fourth-order valence-electron chi connectivity index (χ4n) is 3.94. The van der Waals surface area contributed by atoms with E-state index in [1.807, 2.05) is 30.3 Å². The molecule has 1 N–H and O–H groups in total. The van der Waals surface area contributed by atoms with Crippen LogP contribution in [0.4, 0.5) is 5.69 Å². The van der Waals surface area contributed by atoms with Crippen LogP contribution in [0.1, 0.15) is 18.1 Å². The number of hydrogen-bond acceptors (Lipinski definition) is 4. The zero-order valence-corrected chi connectivity index (χ0v) is 24.0. The Labute approximate surface area is 238 Å². The highest BCUT2D eigenvalue weighted by Crippen LogP contribution is 2.28. The van der Waals surface area contributed by atoms with Crippen molar-refractivity contribution >= 4 is 62.3 Å². The molecule has 38 heavy (non-hydrogen) atoms. The number of carbonyl (C=O) groups is 2. The molecule has 7 nitrogen and oxygen atoms in total. The van der Waals surface area contributed by atoms with Crippen molar-refractivity contribution in [1.29, 1.82) is 0 Å². The molecule has 0 saturated carbocycles. The second-order valence-electron chi connectivity index (χ2n) is 8.57. The summed E-state index contributed by atoms with van der Waals surface area (Å²) in [5, 5.41) is 3.74. The predicted molar refractivity (Wildman–Crippen MR) is 153 cm³/mol. The number of likely N-dealkylation sites (N-methyl/N-ethyl adjacent to an activating group) is 1. The van der Waals surface area contributed by atoms with Crippen LogP contribution in [0.25, 0.3) is 0 Å². The molecule has 2 amide bonds. The fraction of sp³-hybridized carbons (Fsp3) is 0.259. The van der Waals surface area contributed by atoms with Crippen LogP contribution in [0.15, 0.2) is 72.8 Å². The highest BCUT2D eigenvalue weighted by atomic mass is 35.5. The lowest BCUT2D eigenvalue weighted by molar-refractivity contribution is -0.140. The second kappa shape index (κ2) is 13.3. The summed E-state index contributed by atoms with van der Waals surface area (Å²) < 4.78 is 26.5. The van der Waals surface area contributed by atoms with E-state index in [2.05, 4.69) is 5.32 Å². The van der Waals surface area contributed by atoms with Crippen molar-refractivity contribution in [2.24, 2.45) is 0 Å². The summed E-state index contributed by atoms with van der Waals surface area (Å²) in [5.41, 5.74) is 1.49. The molecule has 0 aliphatic heterocycles. The van der Waals surface area contributed by atoms with Gasteiger partial charge in [-0.05, 0) is 42.8 Å². The molecule has 11 heteroatoms. The summed E-state index contributed by atoms with van der Waals surface area (Å²) in [6, 6.07) is 19.4. The Balaban J connectivity index is 2.09. The minimum atomic E-state index is -3.89. The van der Waals surface area contributed by atoms with Gasteiger partial charge >= 0.3 is 0 Å². The molecule has 3 aromatic carbocycles. The molecule has 0 aliphatic carbocycles. The lowest BCUT2D eigenvalue weighted by atomic mass is 10.0. The maximum Gasteiger partial charge on any atom is 0.244 e. The van der Waals surface area contributed by atoms with Gasteiger partial charge in [0.25, 0.3) is 0 Å². The molecule has 0 aliphatic rings. The number of halogens is 3. The lowest BCUT2D eigenvalue weighted by Crippen LogP contribution is -2.53. The van der Waals surface area contributed by atoms with Crippen LogP contribution in [0.5, 0.6) is 0 Å². The summed E-state index contributed by atoms with van der Waals surface area (Å²) >= 11 is 19.0. The molecule has 1 atom stereocenters. The van der Waals surface area contributed by atoms with Gasteiger partial charge in [-0.2, -0.15) is 0 Å². The topological polar surface area (TPSA) is 86.8 Å². The number of benzene rings is 3. The number of nitrogens with one attached hydrogen (secondary N) is 1. The number of hydrogen-bond donors (Lipinski definition) is 1. The Hall–Kier alpha value is -2.78. The molecule has 0 unspecified atom stereocenters. The van der Waals surface area contributed by atoms with Gasteiger partial charge in [0.1, 0.15) is 12.6 Å². The van der Waals surface area contributed by atoms with Gasteiger partial charge in [0, 0.05) is 40.1 Å². The van der Waals surface area contributed by atoms with Crippen molar-refractivity contribution in [3.05, 3.63) is 99.0 Å². The van der Waals surface area contributed by atoms with E-state index in [4.69, 9.17) is 34.8 Å². The van der Waals surface area contributed by atoms with Crippen LogP contribution in [-0.4, -0.2) is 50.5 Å². The monoisotopic (exact) mass is 595 g/mol. The Bertz CT molecular complexity index is 1370. The van der Waals surface area contributed by atoms with E-state index >= 15 is 0 Å². The van der Waals surface area contributed by atoms with Gasteiger partial charge in [-0.1, -0.05) is 77.3 Å². The smallest absolute Gasteiger partial charge is 0.244 e. The van der Waals surface area contributed by atoms with Crippen molar-refractivity contribution in [3.8, 4) is 0 Å². The van der Waals surface area contributed by atoms with Gasteiger partial charge in [0.2, 0.25) is 21.8 Å². The average molecular weight is 597 g/mol.